The molecule has 0 saturated heterocycles. The third-order valence-corrected chi connectivity index (χ3v) is 2.86. The second-order valence-corrected chi connectivity index (χ2v) is 3.93. The quantitative estimate of drug-likeness (QED) is 0.781. The van der Waals surface area contributed by atoms with Crippen molar-refractivity contribution in [2.45, 2.75) is 19.4 Å². The van der Waals surface area contributed by atoms with Crippen LogP contribution in [0.3, 0.4) is 0 Å². The van der Waals surface area contributed by atoms with Gasteiger partial charge in [0.15, 0.2) is 0 Å². The first kappa shape index (κ1) is 10.6. The van der Waals surface area contributed by atoms with Crippen LogP contribution in [-0.2, 0) is 0 Å². The summed E-state index contributed by atoms with van der Waals surface area (Å²) in [5.74, 6) is 0. The second-order valence-electron chi connectivity index (χ2n) is 3.21. The van der Waals surface area contributed by atoms with Gasteiger partial charge in [0.1, 0.15) is 0 Å². The molecule has 0 spiro atoms. The van der Waals surface area contributed by atoms with Gasteiger partial charge in [0.2, 0.25) is 0 Å². The fraction of sp³-hybridized carbons (Fsp3) is 0.667. The number of hydrogen-bond donors (Lipinski definition) is 1. The van der Waals surface area contributed by atoms with Crippen molar-refractivity contribution in [1.82, 2.24) is 9.88 Å². The zero-order chi connectivity index (χ0) is 9.68. The first-order valence-corrected chi connectivity index (χ1v) is 5.48. The van der Waals surface area contributed by atoms with Crippen molar-refractivity contribution in [2.75, 3.05) is 20.1 Å². The average molecular weight is 199 g/mol. The van der Waals surface area contributed by atoms with E-state index in [1.165, 1.54) is 0 Å². The summed E-state index contributed by atoms with van der Waals surface area (Å²) in [6.45, 7) is 3.97. The largest absolute Gasteiger partial charge is 0.330 e. The molecule has 4 heteroatoms. The van der Waals surface area contributed by atoms with Crippen molar-refractivity contribution < 1.29 is 0 Å². The number of aromatic nitrogens is 1. The Morgan fingerprint density at radius 1 is 1.69 bits per heavy atom. The minimum Gasteiger partial charge on any atom is -0.330 e. The fourth-order valence-corrected chi connectivity index (χ4v) is 1.83. The summed E-state index contributed by atoms with van der Waals surface area (Å²) >= 11 is 1.65. The molecule has 1 rings (SSSR count). The predicted octanol–water partition coefficient (Wildman–Crippen LogP) is 1.48. The zero-order valence-electron chi connectivity index (χ0n) is 8.23. The number of rotatable bonds is 5. The van der Waals surface area contributed by atoms with Crippen LogP contribution in [0.15, 0.2) is 10.9 Å². The van der Waals surface area contributed by atoms with E-state index in [1.54, 1.807) is 11.3 Å². The van der Waals surface area contributed by atoms with E-state index in [0.29, 0.717) is 6.04 Å². The summed E-state index contributed by atoms with van der Waals surface area (Å²) < 4.78 is 0. The summed E-state index contributed by atoms with van der Waals surface area (Å²) in [4.78, 5) is 6.57. The molecule has 1 unspecified atom stereocenters. The van der Waals surface area contributed by atoms with Gasteiger partial charge in [-0.15, -0.1) is 11.3 Å². The molecule has 0 aromatic carbocycles. The second kappa shape index (κ2) is 5.32. The van der Waals surface area contributed by atoms with Crippen molar-refractivity contribution in [3.8, 4) is 0 Å². The third kappa shape index (κ3) is 3.06. The topological polar surface area (TPSA) is 42.2 Å². The van der Waals surface area contributed by atoms with E-state index < -0.39 is 0 Å². The van der Waals surface area contributed by atoms with Gasteiger partial charge in [-0.3, -0.25) is 4.90 Å². The highest BCUT2D eigenvalue weighted by molar-refractivity contribution is 7.07. The normalized spacial score (nSPS) is 13.5. The molecule has 74 valence electrons. The van der Waals surface area contributed by atoms with Crippen molar-refractivity contribution in [2.24, 2.45) is 5.73 Å². The highest BCUT2D eigenvalue weighted by atomic mass is 32.1. The van der Waals surface area contributed by atoms with Crippen LogP contribution in [0.25, 0.3) is 0 Å². The fourth-order valence-electron chi connectivity index (χ4n) is 1.19. The lowest BCUT2D eigenvalue weighted by Crippen LogP contribution is -2.25. The Bertz CT molecular complexity index is 223. The number of nitrogens with two attached hydrogens (primary N) is 1. The molecule has 1 aromatic rings. The highest BCUT2D eigenvalue weighted by Crippen LogP contribution is 2.17. The van der Waals surface area contributed by atoms with E-state index in [4.69, 9.17) is 5.73 Å². The predicted molar refractivity (Wildman–Crippen MR) is 56.8 cm³/mol. The Hall–Kier alpha value is -0.450. The Balaban J connectivity index is 2.43. The molecule has 1 heterocycles. The van der Waals surface area contributed by atoms with Crippen LogP contribution in [0.1, 0.15) is 25.1 Å². The minimum atomic E-state index is 0.401. The standard InChI is InChI=1S/C9H17N3S/c1-8(9-6-13-7-11-9)12(2)5-3-4-10/h6-8H,3-5,10H2,1-2H3. The van der Waals surface area contributed by atoms with Gasteiger partial charge in [-0.05, 0) is 33.5 Å². The Kier molecular flexibility index (Phi) is 4.35. The molecule has 0 bridgehead atoms. The van der Waals surface area contributed by atoms with Gasteiger partial charge in [-0.2, -0.15) is 0 Å². The van der Waals surface area contributed by atoms with E-state index in [0.717, 1.165) is 25.2 Å². The molecule has 0 aliphatic rings. The molecule has 2 N–H and O–H groups in total. The van der Waals surface area contributed by atoms with Crippen molar-refractivity contribution in [3.63, 3.8) is 0 Å². The molecule has 3 nitrogen and oxygen atoms in total. The van der Waals surface area contributed by atoms with Gasteiger partial charge in [0, 0.05) is 11.4 Å². The number of hydrogen-bond acceptors (Lipinski definition) is 4. The maximum absolute atomic E-state index is 5.46. The Morgan fingerprint density at radius 3 is 3.00 bits per heavy atom. The SMILES string of the molecule is CC(c1cscn1)N(C)CCCN. The van der Waals surface area contributed by atoms with Crippen LogP contribution in [0.5, 0.6) is 0 Å². The van der Waals surface area contributed by atoms with Crippen molar-refractivity contribution in [1.29, 1.82) is 0 Å². The summed E-state index contributed by atoms with van der Waals surface area (Å²) in [5, 5.41) is 2.10. The van der Waals surface area contributed by atoms with Gasteiger partial charge in [0.05, 0.1) is 11.2 Å². The summed E-state index contributed by atoms with van der Waals surface area (Å²) in [5.41, 5.74) is 8.49. The highest BCUT2D eigenvalue weighted by Gasteiger charge is 2.11. The lowest BCUT2D eigenvalue weighted by Gasteiger charge is -2.22. The number of nitrogens with zero attached hydrogens (tertiary/aromatic N) is 2. The molecule has 1 aromatic heterocycles. The maximum atomic E-state index is 5.46. The van der Waals surface area contributed by atoms with Gasteiger partial charge < -0.3 is 5.73 Å². The van der Waals surface area contributed by atoms with Gasteiger partial charge in [0.25, 0.3) is 0 Å². The molecule has 0 amide bonds. The maximum Gasteiger partial charge on any atom is 0.0795 e. The minimum absolute atomic E-state index is 0.401. The van der Waals surface area contributed by atoms with E-state index in [1.807, 2.05) is 5.51 Å². The van der Waals surface area contributed by atoms with Crippen LogP contribution in [0.4, 0.5) is 0 Å². The molecule has 13 heavy (non-hydrogen) atoms. The van der Waals surface area contributed by atoms with E-state index in [-0.39, 0.29) is 0 Å². The van der Waals surface area contributed by atoms with Gasteiger partial charge in [-0.25, -0.2) is 4.98 Å². The van der Waals surface area contributed by atoms with E-state index in [9.17, 15) is 0 Å². The van der Waals surface area contributed by atoms with Crippen LogP contribution in [0.2, 0.25) is 0 Å². The van der Waals surface area contributed by atoms with E-state index in [2.05, 4.69) is 29.2 Å². The first-order valence-electron chi connectivity index (χ1n) is 4.54. The van der Waals surface area contributed by atoms with Crippen LogP contribution < -0.4 is 5.73 Å². The van der Waals surface area contributed by atoms with E-state index >= 15 is 0 Å². The number of thiazole rings is 1. The van der Waals surface area contributed by atoms with Crippen LogP contribution in [-0.4, -0.2) is 30.0 Å². The molecule has 0 saturated carbocycles. The molecule has 0 fully saturated rings. The van der Waals surface area contributed by atoms with Crippen molar-refractivity contribution in [3.05, 3.63) is 16.6 Å². The molecule has 0 aliphatic carbocycles. The van der Waals surface area contributed by atoms with Gasteiger partial charge >= 0.3 is 0 Å². The Labute approximate surface area is 83.6 Å². The third-order valence-electron chi connectivity index (χ3n) is 2.26. The molecule has 0 radical (unpaired) electrons. The lowest BCUT2D eigenvalue weighted by molar-refractivity contribution is 0.256. The average Bonchev–Trinajstić information content (AvgIpc) is 2.65. The van der Waals surface area contributed by atoms with Crippen LogP contribution >= 0.6 is 11.3 Å². The summed E-state index contributed by atoms with van der Waals surface area (Å²) in [7, 11) is 2.11. The van der Waals surface area contributed by atoms with Crippen molar-refractivity contribution >= 4 is 11.3 Å². The first-order chi connectivity index (χ1) is 6.25. The molecule has 1 atom stereocenters. The van der Waals surface area contributed by atoms with Gasteiger partial charge in [-0.1, -0.05) is 0 Å². The molecular weight excluding hydrogens is 182 g/mol. The summed E-state index contributed by atoms with van der Waals surface area (Å²) in [6.07, 6.45) is 1.05. The molecular formula is C9H17N3S. The summed E-state index contributed by atoms with van der Waals surface area (Å²) in [6, 6.07) is 0.401. The lowest BCUT2D eigenvalue weighted by atomic mass is 10.2. The smallest absolute Gasteiger partial charge is 0.0795 e. The zero-order valence-corrected chi connectivity index (χ0v) is 9.05. The molecule has 0 aliphatic heterocycles. The Morgan fingerprint density at radius 2 is 2.46 bits per heavy atom. The monoisotopic (exact) mass is 199 g/mol. The van der Waals surface area contributed by atoms with Crippen LogP contribution in [0, 0.1) is 0 Å².